The molecule has 0 aromatic heterocycles. The molecule has 0 aliphatic carbocycles. The molecule has 25 heavy (non-hydrogen) atoms. The molecule has 0 aliphatic rings. The molecule has 0 atom stereocenters. The maximum atomic E-state index is 12.1. The summed E-state index contributed by atoms with van der Waals surface area (Å²) in [4.78, 5) is 34.4. The molecule has 0 radical (unpaired) electrons. The van der Waals surface area contributed by atoms with Gasteiger partial charge in [0.2, 0.25) is 0 Å². The minimum absolute atomic E-state index is 0.0484. The van der Waals surface area contributed by atoms with Crippen LogP contribution in [0.4, 0.5) is 17.1 Å². The van der Waals surface area contributed by atoms with Crippen LogP contribution in [0.25, 0.3) is 0 Å². The van der Waals surface area contributed by atoms with Gasteiger partial charge in [-0.15, -0.1) is 0 Å². The van der Waals surface area contributed by atoms with Crippen LogP contribution < -0.4 is 10.6 Å². The lowest BCUT2D eigenvalue weighted by Gasteiger charge is -2.10. The Labute approximate surface area is 144 Å². The third-order valence-electron chi connectivity index (χ3n) is 3.37. The van der Waals surface area contributed by atoms with Gasteiger partial charge in [0, 0.05) is 18.8 Å². The topological polar surface area (TPSA) is 111 Å². The van der Waals surface area contributed by atoms with E-state index in [-0.39, 0.29) is 11.4 Å². The molecule has 8 heteroatoms. The Bertz CT molecular complexity index is 820. The zero-order valence-electron chi connectivity index (χ0n) is 13.7. The Balaban J connectivity index is 2.02. The molecule has 2 aromatic carbocycles. The Morgan fingerprint density at radius 3 is 2.56 bits per heavy atom. The first kappa shape index (κ1) is 17.9. The number of anilines is 2. The monoisotopic (exact) mass is 343 g/mol. The molecule has 0 aliphatic heterocycles. The first-order valence-electron chi connectivity index (χ1n) is 7.41. The predicted octanol–water partition coefficient (Wildman–Crippen LogP) is 2.74. The number of nitro benzene ring substituents is 1. The predicted molar refractivity (Wildman–Crippen MR) is 92.7 cm³/mol. The molecule has 2 N–H and O–H groups in total. The van der Waals surface area contributed by atoms with Crippen LogP contribution in [0.2, 0.25) is 0 Å². The second-order valence-corrected chi connectivity index (χ2v) is 5.20. The molecular weight excluding hydrogens is 326 g/mol. The fraction of sp³-hybridized carbons (Fsp3) is 0.176. The first-order valence-corrected chi connectivity index (χ1v) is 7.41. The molecule has 0 saturated heterocycles. The van der Waals surface area contributed by atoms with Gasteiger partial charge in [0.15, 0.2) is 6.61 Å². The summed E-state index contributed by atoms with van der Waals surface area (Å²) in [6, 6.07) is 11.1. The Hall–Kier alpha value is -3.42. The van der Waals surface area contributed by atoms with E-state index >= 15 is 0 Å². The van der Waals surface area contributed by atoms with Crippen molar-refractivity contribution >= 4 is 28.9 Å². The van der Waals surface area contributed by atoms with E-state index in [1.54, 1.807) is 44.3 Å². The third-order valence-corrected chi connectivity index (χ3v) is 3.37. The van der Waals surface area contributed by atoms with E-state index in [1.165, 1.54) is 12.1 Å². The zero-order valence-corrected chi connectivity index (χ0v) is 13.7. The number of hydrogen-bond donors (Lipinski definition) is 2. The first-order chi connectivity index (χ1) is 11.9. The minimum Gasteiger partial charge on any atom is -0.452 e. The largest absolute Gasteiger partial charge is 0.452 e. The average Bonchev–Trinajstić information content (AvgIpc) is 2.61. The van der Waals surface area contributed by atoms with Crippen molar-refractivity contribution in [3.8, 4) is 0 Å². The third kappa shape index (κ3) is 4.54. The number of amides is 1. The quantitative estimate of drug-likeness (QED) is 0.474. The standard InChI is InChI=1S/C17H17N3O5/c1-11-7-8-14(15(9-11)20(23)24)19-16(21)10-25-17(22)12-5-3-4-6-13(12)18-2/h3-9,18H,10H2,1-2H3,(H,19,21). The number of carbonyl (C=O) groups excluding carboxylic acids is 2. The summed E-state index contributed by atoms with van der Waals surface area (Å²) >= 11 is 0. The van der Waals surface area contributed by atoms with Crippen LogP contribution in [0.5, 0.6) is 0 Å². The normalized spacial score (nSPS) is 10.0. The number of ether oxygens (including phenoxy) is 1. The van der Waals surface area contributed by atoms with Crippen LogP contribution >= 0.6 is 0 Å². The van der Waals surface area contributed by atoms with Gasteiger partial charge in [-0.2, -0.15) is 0 Å². The minimum atomic E-state index is -0.668. The number of nitrogens with one attached hydrogen (secondary N) is 2. The molecule has 0 unspecified atom stereocenters. The highest BCUT2D eigenvalue weighted by atomic mass is 16.6. The number of nitrogens with zero attached hydrogens (tertiary/aromatic N) is 1. The number of para-hydroxylation sites is 1. The number of hydrogen-bond acceptors (Lipinski definition) is 6. The molecule has 2 rings (SSSR count). The lowest BCUT2D eigenvalue weighted by Crippen LogP contribution is -2.21. The van der Waals surface area contributed by atoms with Gasteiger partial charge in [0.05, 0.1) is 10.5 Å². The van der Waals surface area contributed by atoms with Crippen LogP contribution in [0.3, 0.4) is 0 Å². The van der Waals surface area contributed by atoms with Gasteiger partial charge in [0.1, 0.15) is 5.69 Å². The van der Waals surface area contributed by atoms with Crippen molar-refractivity contribution < 1.29 is 19.2 Å². The van der Waals surface area contributed by atoms with Crippen LogP contribution in [0.15, 0.2) is 42.5 Å². The number of carbonyl (C=O) groups is 2. The second-order valence-electron chi connectivity index (χ2n) is 5.20. The summed E-state index contributed by atoms with van der Waals surface area (Å²) in [5.41, 5.74) is 1.38. The average molecular weight is 343 g/mol. The molecule has 0 fully saturated rings. The number of esters is 1. The van der Waals surface area contributed by atoms with Gasteiger partial charge in [-0.05, 0) is 30.7 Å². The van der Waals surface area contributed by atoms with Gasteiger partial charge in [-0.25, -0.2) is 4.79 Å². The van der Waals surface area contributed by atoms with E-state index in [2.05, 4.69) is 10.6 Å². The van der Waals surface area contributed by atoms with Crippen molar-refractivity contribution in [1.82, 2.24) is 0 Å². The Kier molecular flexibility index (Phi) is 5.67. The molecule has 1 amide bonds. The van der Waals surface area contributed by atoms with Crippen LogP contribution in [0, 0.1) is 17.0 Å². The number of rotatable bonds is 6. The zero-order chi connectivity index (χ0) is 18.4. The number of nitro groups is 1. The van der Waals surface area contributed by atoms with E-state index in [1.807, 2.05) is 0 Å². The lowest BCUT2D eigenvalue weighted by molar-refractivity contribution is -0.384. The van der Waals surface area contributed by atoms with Crippen LogP contribution in [-0.2, 0) is 9.53 Å². The summed E-state index contributed by atoms with van der Waals surface area (Å²) in [5, 5.41) is 16.3. The fourth-order valence-corrected chi connectivity index (χ4v) is 2.17. The van der Waals surface area contributed by atoms with E-state index < -0.39 is 23.4 Å². The van der Waals surface area contributed by atoms with Gasteiger partial charge in [-0.1, -0.05) is 18.2 Å². The van der Waals surface area contributed by atoms with E-state index in [0.717, 1.165) is 0 Å². The maximum absolute atomic E-state index is 12.1. The summed E-state index contributed by atoms with van der Waals surface area (Å²) in [5.74, 6) is -1.33. The van der Waals surface area contributed by atoms with Crippen molar-refractivity contribution in [1.29, 1.82) is 0 Å². The number of aryl methyl sites for hydroxylation is 1. The highest BCUT2D eigenvalue weighted by Gasteiger charge is 2.18. The van der Waals surface area contributed by atoms with Crippen molar-refractivity contribution in [2.24, 2.45) is 0 Å². The Morgan fingerprint density at radius 2 is 1.88 bits per heavy atom. The highest BCUT2D eigenvalue weighted by molar-refractivity contribution is 5.99. The SMILES string of the molecule is CNc1ccccc1C(=O)OCC(=O)Nc1ccc(C)cc1[N+](=O)[O-]. The fourth-order valence-electron chi connectivity index (χ4n) is 2.17. The molecule has 0 bridgehead atoms. The maximum Gasteiger partial charge on any atom is 0.340 e. The molecule has 0 heterocycles. The van der Waals surface area contributed by atoms with Crippen molar-refractivity contribution in [3.05, 3.63) is 63.7 Å². The lowest BCUT2D eigenvalue weighted by atomic mass is 10.2. The molecule has 2 aromatic rings. The number of benzene rings is 2. The summed E-state index contributed by atoms with van der Waals surface area (Å²) in [7, 11) is 1.66. The molecule has 0 spiro atoms. The van der Waals surface area contributed by atoms with Crippen LogP contribution in [0.1, 0.15) is 15.9 Å². The summed E-state index contributed by atoms with van der Waals surface area (Å²) < 4.78 is 4.97. The van der Waals surface area contributed by atoms with Crippen molar-refractivity contribution in [3.63, 3.8) is 0 Å². The van der Waals surface area contributed by atoms with Gasteiger partial charge < -0.3 is 15.4 Å². The van der Waals surface area contributed by atoms with Crippen molar-refractivity contribution in [2.75, 3.05) is 24.3 Å². The highest BCUT2D eigenvalue weighted by Crippen LogP contribution is 2.25. The van der Waals surface area contributed by atoms with E-state index in [9.17, 15) is 19.7 Å². The Morgan fingerprint density at radius 1 is 1.16 bits per heavy atom. The van der Waals surface area contributed by atoms with Gasteiger partial charge in [-0.3, -0.25) is 14.9 Å². The molecule has 0 saturated carbocycles. The molecule has 130 valence electrons. The van der Waals surface area contributed by atoms with Gasteiger partial charge >= 0.3 is 5.97 Å². The van der Waals surface area contributed by atoms with E-state index in [4.69, 9.17) is 4.74 Å². The molecular formula is C17H17N3O5. The van der Waals surface area contributed by atoms with Crippen molar-refractivity contribution in [2.45, 2.75) is 6.92 Å². The van der Waals surface area contributed by atoms with Gasteiger partial charge in [0.25, 0.3) is 11.6 Å². The van der Waals surface area contributed by atoms with E-state index in [0.29, 0.717) is 16.8 Å². The summed E-state index contributed by atoms with van der Waals surface area (Å²) in [6.07, 6.45) is 0. The molecule has 8 nitrogen and oxygen atoms in total. The smallest absolute Gasteiger partial charge is 0.340 e. The summed E-state index contributed by atoms with van der Waals surface area (Å²) in [6.45, 7) is 1.15. The van der Waals surface area contributed by atoms with Crippen LogP contribution in [-0.4, -0.2) is 30.5 Å². The second kappa shape index (κ2) is 7.91.